The lowest BCUT2D eigenvalue weighted by Crippen LogP contribution is -2.38. The number of aliphatic carboxylic acids is 1. The van der Waals surface area contributed by atoms with Crippen LogP contribution in [0.4, 0.5) is 13.2 Å². The molecule has 4 aromatic rings. The van der Waals surface area contributed by atoms with Gasteiger partial charge in [-0.2, -0.15) is 17.5 Å². The molecule has 0 saturated heterocycles. The molecule has 1 aliphatic carbocycles. The van der Waals surface area contributed by atoms with Gasteiger partial charge < -0.3 is 9.84 Å². The summed E-state index contributed by atoms with van der Waals surface area (Å²) in [5, 5.41) is 16.8. The maximum atomic E-state index is 13.7. The lowest BCUT2D eigenvalue weighted by atomic mass is 9.85. The van der Waals surface area contributed by atoms with Crippen molar-refractivity contribution in [3.05, 3.63) is 82.4 Å². The molecular formula is C28H26F3N5O5S. The molecule has 42 heavy (non-hydrogen) atoms. The molecule has 2 aliphatic rings. The van der Waals surface area contributed by atoms with E-state index in [-0.39, 0.29) is 35.9 Å². The first-order chi connectivity index (χ1) is 19.8. The van der Waals surface area contributed by atoms with Gasteiger partial charge in [0.25, 0.3) is 0 Å². The highest BCUT2D eigenvalue weighted by Crippen LogP contribution is 2.46. The molecule has 1 aromatic carbocycles. The first-order valence-corrected chi connectivity index (χ1v) is 14.6. The van der Waals surface area contributed by atoms with Crippen molar-refractivity contribution < 1.29 is 36.2 Å². The van der Waals surface area contributed by atoms with Crippen LogP contribution in [0.2, 0.25) is 0 Å². The number of fused-ring (bicyclic) bond motifs is 2. The number of rotatable bonds is 6. The number of carboxylic acid groups (broad SMARTS) is 1. The summed E-state index contributed by atoms with van der Waals surface area (Å²) in [6.07, 6.45) is -1.01. The number of pyridine rings is 2. The van der Waals surface area contributed by atoms with E-state index in [2.05, 4.69) is 15.2 Å². The largest absolute Gasteiger partial charge is 0.481 e. The van der Waals surface area contributed by atoms with E-state index in [1.54, 1.807) is 25.1 Å². The van der Waals surface area contributed by atoms with Crippen LogP contribution in [0.1, 0.15) is 58.8 Å². The molecule has 4 heterocycles. The van der Waals surface area contributed by atoms with Gasteiger partial charge in [-0.05, 0) is 72.7 Å². The van der Waals surface area contributed by atoms with Crippen LogP contribution in [0.15, 0.2) is 53.7 Å². The van der Waals surface area contributed by atoms with Gasteiger partial charge in [0.05, 0.1) is 13.0 Å². The quantitative estimate of drug-likeness (QED) is 0.343. The number of aryl methyl sites for hydroxylation is 2. The molecule has 10 nitrogen and oxygen atoms in total. The SMILES string of the molecule is Cc1ccc(C(CC(=O)O)c2ccn3c(C(F)(F)F)nnc3c2C)cc1CN1CC2(CC2)Oc2ncccc2S1(=O)=O. The molecular weight excluding hydrogens is 575 g/mol. The van der Waals surface area contributed by atoms with Gasteiger partial charge in [-0.15, -0.1) is 10.2 Å². The molecule has 3 aromatic heterocycles. The summed E-state index contributed by atoms with van der Waals surface area (Å²) < 4.78 is 75.9. The van der Waals surface area contributed by atoms with Crippen LogP contribution in [-0.2, 0) is 27.5 Å². The number of aromatic nitrogens is 4. The highest BCUT2D eigenvalue weighted by molar-refractivity contribution is 7.89. The van der Waals surface area contributed by atoms with Gasteiger partial charge in [-0.1, -0.05) is 18.2 Å². The van der Waals surface area contributed by atoms with Crippen LogP contribution in [0, 0.1) is 13.8 Å². The first kappa shape index (κ1) is 28.1. The van der Waals surface area contributed by atoms with E-state index in [4.69, 9.17) is 4.74 Å². The maximum absolute atomic E-state index is 13.7. The number of alkyl halides is 3. The third-order valence-electron chi connectivity index (χ3n) is 7.94. The Morgan fingerprint density at radius 3 is 2.62 bits per heavy atom. The number of sulfonamides is 1. The third kappa shape index (κ3) is 4.87. The number of ether oxygens (including phenoxy) is 1. The van der Waals surface area contributed by atoms with Gasteiger partial charge in [0, 0.05) is 24.9 Å². The second kappa shape index (κ2) is 9.76. The van der Waals surface area contributed by atoms with Crippen molar-refractivity contribution >= 4 is 21.6 Å². The van der Waals surface area contributed by atoms with Gasteiger partial charge in [0.1, 0.15) is 10.5 Å². The van der Waals surface area contributed by atoms with E-state index in [1.165, 1.54) is 34.9 Å². The first-order valence-electron chi connectivity index (χ1n) is 13.2. The van der Waals surface area contributed by atoms with E-state index in [1.807, 2.05) is 6.92 Å². The topological polar surface area (TPSA) is 127 Å². The Kier molecular flexibility index (Phi) is 6.53. The summed E-state index contributed by atoms with van der Waals surface area (Å²) in [6, 6.07) is 9.76. The molecule has 1 spiro atoms. The van der Waals surface area contributed by atoms with Gasteiger partial charge in [-0.3, -0.25) is 9.20 Å². The highest BCUT2D eigenvalue weighted by atomic mass is 32.2. The van der Waals surface area contributed by atoms with Crippen molar-refractivity contribution in [2.45, 2.75) is 62.2 Å². The number of hydrogen-bond donors (Lipinski definition) is 1. The zero-order valence-electron chi connectivity index (χ0n) is 22.6. The predicted octanol–water partition coefficient (Wildman–Crippen LogP) is 4.48. The Hall–Kier alpha value is -4.04. The summed E-state index contributed by atoms with van der Waals surface area (Å²) >= 11 is 0. The molecule has 0 amide bonds. The molecule has 1 aliphatic heterocycles. The van der Waals surface area contributed by atoms with Crippen molar-refractivity contribution in [2.24, 2.45) is 0 Å². The van der Waals surface area contributed by atoms with Crippen LogP contribution in [0.25, 0.3) is 5.65 Å². The summed E-state index contributed by atoms with van der Waals surface area (Å²) in [5.41, 5.74) is 2.20. The number of carboxylic acids is 1. The summed E-state index contributed by atoms with van der Waals surface area (Å²) in [7, 11) is -3.97. The van der Waals surface area contributed by atoms with E-state index in [9.17, 15) is 31.5 Å². The fraction of sp³-hybridized carbons (Fsp3) is 0.357. The molecule has 6 rings (SSSR count). The number of halogens is 3. The van der Waals surface area contributed by atoms with Gasteiger partial charge in [0.15, 0.2) is 5.65 Å². The molecule has 1 fully saturated rings. The van der Waals surface area contributed by atoms with E-state index in [0.717, 1.165) is 9.96 Å². The van der Waals surface area contributed by atoms with Crippen LogP contribution in [-0.4, -0.2) is 55.5 Å². The maximum Gasteiger partial charge on any atom is 0.452 e. The summed E-state index contributed by atoms with van der Waals surface area (Å²) in [4.78, 5) is 16.1. The number of hydrogen-bond acceptors (Lipinski definition) is 7. The molecule has 1 saturated carbocycles. The molecule has 0 bridgehead atoms. The minimum atomic E-state index is -4.71. The Morgan fingerprint density at radius 1 is 1.17 bits per heavy atom. The highest BCUT2D eigenvalue weighted by Gasteiger charge is 2.52. The molecule has 1 unspecified atom stereocenters. The minimum Gasteiger partial charge on any atom is -0.481 e. The molecule has 0 radical (unpaired) electrons. The van der Waals surface area contributed by atoms with Crippen LogP contribution < -0.4 is 4.74 Å². The number of carbonyl (C=O) groups is 1. The molecule has 14 heteroatoms. The fourth-order valence-electron chi connectivity index (χ4n) is 5.49. The minimum absolute atomic E-state index is 0.0122. The van der Waals surface area contributed by atoms with E-state index < -0.39 is 39.5 Å². The van der Waals surface area contributed by atoms with E-state index >= 15 is 0 Å². The van der Waals surface area contributed by atoms with Crippen molar-refractivity contribution in [3.63, 3.8) is 0 Å². The van der Waals surface area contributed by atoms with Gasteiger partial charge in [-0.25, -0.2) is 13.4 Å². The zero-order valence-corrected chi connectivity index (χ0v) is 23.4. The number of benzene rings is 1. The second-order valence-electron chi connectivity index (χ2n) is 10.8. The van der Waals surface area contributed by atoms with E-state index in [0.29, 0.717) is 35.1 Å². The zero-order chi connectivity index (χ0) is 30.0. The van der Waals surface area contributed by atoms with Crippen LogP contribution in [0.5, 0.6) is 5.88 Å². The average molecular weight is 602 g/mol. The van der Waals surface area contributed by atoms with Crippen molar-refractivity contribution in [1.29, 1.82) is 0 Å². The standard InChI is InChI=1S/C28H26F3N5O5S/c1-16-5-6-18(21(13-23(37)38)20-7-11-36-24(17(20)2)33-34-26(36)28(29,30)31)12-19(16)14-35-15-27(8-9-27)41-25-22(42(35,39)40)4-3-10-32-25/h3-7,10-12,21H,8-9,13-15H2,1-2H3,(H,37,38). The lowest BCUT2D eigenvalue weighted by molar-refractivity contribution is -0.145. The smallest absolute Gasteiger partial charge is 0.452 e. The molecule has 220 valence electrons. The Balaban J connectivity index is 1.40. The number of nitrogens with zero attached hydrogens (tertiary/aromatic N) is 5. The van der Waals surface area contributed by atoms with Crippen LogP contribution in [0.3, 0.4) is 0 Å². The third-order valence-corrected chi connectivity index (χ3v) is 9.74. The normalized spacial score (nSPS) is 18.3. The lowest BCUT2D eigenvalue weighted by Gasteiger charge is -2.25. The molecule has 1 atom stereocenters. The molecule has 1 N–H and O–H groups in total. The van der Waals surface area contributed by atoms with Crippen LogP contribution >= 0.6 is 0 Å². The Morgan fingerprint density at radius 2 is 1.93 bits per heavy atom. The summed E-state index contributed by atoms with van der Waals surface area (Å²) in [5.74, 6) is -2.95. The van der Waals surface area contributed by atoms with Gasteiger partial charge in [0.2, 0.25) is 21.7 Å². The predicted molar refractivity (Wildman–Crippen MR) is 142 cm³/mol. The fourth-order valence-corrected chi connectivity index (χ4v) is 7.05. The van der Waals surface area contributed by atoms with Gasteiger partial charge >= 0.3 is 12.1 Å². The van der Waals surface area contributed by atoms with Crippen molar-refractivity contribution in [1.82, 2.24) is 23.9 Å². The second-order valence-corrected chi connectivity index (χ2v) is 12.7. The average Bonchev–Trinajstić information content (AvgIpc) is 3.53. The monoisotopic (exact) mass is 601 g/mol. The summed E-state index contributed by atoms with van der Waals surface area (Å²) in [6.45, 7) is 3.56. The van der Waals surface area contributed by atoms with Crippen molar-refractivity contribution in [2.75, 3.05) is 6.54 Å². The Bertz CT molecular complexity index is 1840. The van der Waals surface area contributed by atoms with Crippen molar-refractivity contribution in [3.8, 4) is 5.88 Å². The Labute approximate surface area is 238 Å².